The van der Waals surface area contributed by atoms with E-state index in [1.165, 1.54) is 7.11 Å². The van der Waals surface area contributed by atoms with Crippen LogP contribution in [-0.2, 0) is 9.53 Å². The Bertz CT molecular complexity index is 708. The number of ether oxygens (including phenoxy) is 4. The van der Waals surface area contributed by atoms with E-state index >= 15 is 0 Å². The maximum Gasteiger partial charge on any atom is 0.262 e. The number of amides is 1. The molecule has 0 bridgehead atoms. The third-order valence-electron chi connectivity index (χ3n) is 3.20. The second-order valence-electron chi connectivity index (χ2n) is 4.95. The molecule has 0 spiro atoms. The third-order valence-corrected chi connectivity index (χ3v) is 3.50. The summed E-state index contributed by atoms with van der Waals surface area (Å²) in [6.07, 6.45) is 0. The molecule has 2 rings (SSSR count). The number of hydrogen-bond donors (Lipinski definition) is 1. The van der Waals surface area contributed by atoms with Crippen molar-refractivity contribution in [3.05, 3.63) is 47.5 Å². The predicted molar refractivity (Wildman–Crippen MR) is 95.9 cm³/mol. The quantitative estimate of drug-likeness (QED) is 0.690. The maximum atomic E-state index is 12.2. The summed E-state index contributed by atoms with van der Waals surface area (Å²) in [6.45, 7) is 0.556. The van der Waals surface area contributed by atoms with E-state index in [1.54, 1.807) is 43.5 Å². The Hall–Kier alpha value is -2.44. The first-order valence-corrected chi connectivity index (χ1v) is 7.99. The number of benzene rings is 2. The van der Waals surface area contributed by atoms with Crippen LogP contribution in [0.25, 0.3) is 0 Å². The smallest absolute Gasteiger partial charge is 0.262 e. The number of para-hydroxylation sites is 3. The van der Waals surface area contributed by atoms with E-state index in [4.69, 9.17) is 30.5 Å². The molecular formula is C18H20ClNO5. The minimum atomic E-state index is -0.343. The molecule has 134 valence electrons. The average molecular weight is 366 g/mol. The van der Waals surface area contributed by atoms with Gasteiger partial charge in [-0.25, -0.2) is 0 Å². The standard InChI is InChI=1S/C18H20ClNO5/c1-22-10-11-24-18-13(19)6-5-7-14(18)20-17(21)12-25-16-9-4-3-8-15(16)23-2/h3-9H,10-12H2,1-2H3,(H,20,21). The van der Waals surface area contributed by atoms with Crippen molar-refractivity contribution in [2.45, 2.75) is 0 Å². The highest BCUT2D eigenvalue weighted by Gasteiger charge is 2.13. The molecule has 0 aromatic heterocycles. The van der Waals surface area contributed by atoms with Crippen LogP contribution < -0.4 is 19.5 Å². The summed E-state index contributed by atoms with van der Waals surface area (Å²) < 4.78 is 21.2. The number of carbonyl (C=O) groups is 1. The number of hydrogen-bond acceptors (Lipinski definition) is 5. The Balaban J connectivity index is 1.99. The molecule has 0 heterocycles. The number of carbonyl (C=O) groups excluding carboxylic acids is 1. The van der Waals surface area contributed by atoms with Crippen molar-refractivity contribution in [1.82, 2.24) is 0 Å². The monoisotopic (exact) mass is 365 g/mol. The first-order valence-electron chi connectivity index (χ1n) is 7.61. The van der Waals surface area contributed by atoms with Crippen LogP contribution in [0.1, 0.15) is 0 Å². The zero-order chi connectivity index (χ0) is 18.1. The number of anilines is 1. The van der Waals surface area contributed by atoms with Gasteiger partial charge in [0.05, 0.1) is 24.4 Å². The molecule has 1 amide bonds. The van der Waals surface area contributed by atoms with E-state index in [0.29, 0.717) is 41.2 Å². The highest BCUT2D eigenvalue weighted by molar-refractivity contribution is 6.32. The average Bonchev–Trinajstić information content (AvgIpc) is 2.62. The normalized spacial score (nSPS) is 10.2. The fourth-order valence-corrected chi connectivity index (χ4v) is 2.28. The lowest BCUT2D eigenvalue weighted by Crippen LogP contribution is -2.21. The summed E-state index contributed by atoms with van der Waals surface area (Å²) in [4.78, 5) is 12.2. The molecule has 0 fully saturated rings. The SMILES string of the molecule is COCCOc1c(Cl)cccc1NC(=O)COc1ccccc1OC. The highest BCUT2D eigenvalue weighted by Crippen LogP contribution is 2.33. The summed E-state index contributed by atoms with van der Waals surface area (Å²) in [5.74, 6) is 1.10. The molecule has 6 nitrogen and oxygen atoms in total. The minimum Gasteiger partial charge on any atom is -0.493 e. The van der Waals surface area contributed by atoms with Crippen LogP contribution in [-0.4, -0.2) is 39.9 Å². The first kappa shape index (κ1) is 18.9. The van der Waals surface area contributed by atoms with Crippen LogP contribution in [0.5, 0.6) is 17.2 Å². The first-order chi connectivity index (χ1) is 12.2. The van der Waals surface area contributed by atoms with Crippen molar-refractivity contribution in [2.75, 3.05) is 39.4 Å². The minimum absolute atomic E-state index is 0.176. The van der Waals surface area contributed by atoms with Gasteiger partial charge in [-0.05, 0) is 24.3 Å². The molecule has 0 saturated carbocycles. The Labute approximate surface area is 151 Å². The summed E-state index contributed by atoms with van der Waals surface area (Å²) in [5.41, 5.74) is 0.470. The van der Waals surface area contributed by atoms with Gasteiger partial charge in [-0.3, -0.25) is 4.79 Å². The fraction of sp³-hybridized carbons (Fsp3) is 0.278. The summed E-state index contributed by atoms with van der Waals surface area (Å²) >= 11 is 6.14. The van der Waals surface area contributed by atoms with Crippen LogP contribution in [0.2, 0.25) is 5.02 Å². The molecule has 7 heteroatoms. The van der Waals surface area contributed by atoms with Crippen molar-refractivity contribution in [2.24, 2.45) is 0 Å². The Morgan fingerprint density at radius 3 is 2.48 bits per heavy atom. The lowest BCUT2D eigenvalue weighted by molar-refractivity contribution is -0.118. The zero-order valence-electron chi connectivity index (χ0n) is 14.1. The van der Waals surface area contributed by atoms with Crippen LogP contribution in [0.15, 0.2) is 42.5 Å². The van der Waals surface area contributed by atoms with Crippen LogP contribution in [0.3, 0.4) is 0 Å². The number of methoxy groups -OCH3 is 2. The van der Waals surface area contributed by atoms with E-state index in [1.807, 2.05) is 6.07 Å². The molecule has 0 aliphatic rings. The summed E-state index contributed by atoms with van der Waals surface area (Å²) in [5, 5.41) is 3.13. The van der Waals surface area contributed by atoms with Crippen molar-refractivity contribution in [3.63, 3.8) is 0 Å². The summed E-state index contributed by atoms with van der Waals surface area (Å²) in [6, 6.07) is 12.2. The highest BCUT2D eigenvalue weighted by atomic mass is 35.5. The topological polar surface area (TPSA) is 66.0 Å². The molecule has 2 aromatic carbocycles. The van der Waals surface area contributed by atoms with Gasteiger partial charge in [0.25, 0.3) is 5.91 Å². The van der Waals surface area contributed by atoms with E-state index in [-0.39, 0.29) is 12.5 Å². The predicted octanol–water partition coefficient (Wildman–Crippen LogP) is 3.39. The lowest BCUT2D eigenvalue weighted by atomic mass is 10.3. The second-order valence-corrected chi connectivity index (χ2v) is 5.35. The maximum absolute atomic E-state index is 12.2. The van der Waals surface area contributed by atoms with E-state index in [9.17, 15) is 4.79 Å². The largest absolute Gasteiger partial charge is 0.493 e. The van der Waals surface area contributed by atoms with Gasteiger partial charge in [0.15, 0.2) is 23.9 Å². The van der Waals surface area contributed by atoms with Crippen molar-refractivity contribution >= 4 is 23.2 Å². The van der Waals surface area contributed by atoms with Gasteiger partial charge in [-0.1, -0.05) is 29.8 Å². The molecule has 0 saturated heterocycles. The van der Waals surface area contributed by atoms with E-state index in [2.05, 4.69) is 5.32 Å². The summed E-state index contributed by atoms with van der Waals surface area (Å²) in [7, 11) is 3.12. The van der Waals surface area contributed by atoms with Gasteiger partial charge in [-0.2, -0.15) is 0 Å². The molecule has 0 aliphatic heterocycles. The Kier molecular flexibility index (Phi) is 7.37. The van der Waals surface area contributed by atoms with Crippen molar-refractivity contribution in [1.29, 1.82) is 0 Å². The van der Waals surface area contributed by atoms with Crippen LogP contribution >= 0.6 is 11.6 Å². The number of halogens is 1. The zero-order valence-corrected chi connectivity index (χ0v) is 14.8. The fourth-order valence-electron chi connectivity index (χ4n) is 2.05. The Morgan fingerprint density at radius 1 is 1.00 bits per heavy atom. The van der Waals surface area contributed by atoms with Gasteiger partial charge in [-0.15, -0.1) is 0 Å². The van der Waals surface area contributed by atoms with Gasteiger partial charge in [0.2, 0.25) is 0 Å². The Morgan fingerprint density at radius 2 is 1.76 bits per heavy atom. The number of rotatable bonds is 9. The molecule has 0 atom stereocenters. The van der Waals surface area contributed by atoms with E-state index < -0.39 is 0 Å². The van der Waals surface area contributed by atoms with E-state index in [0.717, 1.165) is 0 Å². The molecule has 1 N–H and O–H groups in total. The molecule has 25 heavy (non-hydrogen) atoms. The van der Waals surface area contributed by atoms with Crippen molar-refractivity contribution < 1.29 is 23.7 Å². The van der Waals surface area contributed by atoms with Gasteiger partial charge >= 0.3 is 0 Å². The third kappa shape index (κ3) is 5.55. The van der Waals surface area contributed by atoms with Crippen LogP contribution in [0, 0.1) is 0 Å². The van der Waals surface area contributed by atoms with Gasteiger partial charge in [0.1, 0.15) is 6.61 Å². The van der Waals surface area contributed by atoms with Crippen LogP contribution in [0.4, 0.5) is 5.69 Å². The lowest BCUT2D eigenvalue weighted by Gasteiger charge is -2.14. The second kappa shape index (κ2) is 9.76. The van der Waals surface area contributed by atoms with Gasteiger partial charge in [0, 0.05) is 7.11 Å². The molecule has 0 radical (unpaired) electrons. The van der Waals surface area contributed by atoms with Crippen molar-refractivity contribution in [3.8, 4) is 17.2 Å². The molecule has 0 unspecified atom stereocenters. The van der Waals surface area contributed by atoms with Gasteiger partial charge < -0.3 is 24.3 Å². The molecule has 2 aromatic rings. The molecular weight excluding hydrogens is 346 g/mol. The number of nitrogens with one attached hydrogen (secondary N) is 1. The molecule has 0 aliphatic carbocycles.